The molecule has 0 bridgehead atoms. The van der Waals surface area contributed by atoms with Gasteiger partial charge in [0, 0.05) is 49.2 Å². The molecule has 6 heteroatoms. The summed E-state index contributed by atoms with van der Waals surface area (Å²) in [4.78, 5) is 19.9. The second-order valence-corrected chi connectivity index (χ2v) is 8.15. The molecule has 1 aliphatic heterocycles. The van der Waals surface area contributed by atoms with Crippen LogP contribution in [0.2, 0.25) is 0 Å². The fourth-order valence-electron chi connectivity index (χ4n) is 3.85. The molecular weight excluding hydrogens is 345 g/mol. The maximum atomic E-state index is 14.5. The van der Waals surface area contributed by atoms with Crippen LogP contribution in [0.1, 0.15) is 50.0 Å². The van der Waals surface area contributed by atoms with E-state index in [-0.39, 0.29) is 23.6 Å². The van der Waals surface area contributed by atoms with Crippen LogP contribution in [0.25, 0.3) is 10.9 Å². The van der Waals surface area contributed by atoms with E-state index in [1.807, 2.05) is 7.05 Å². The predicted octanol–water partition coefficient (Wildman–Crippen LogP) is 3.79. The van der Waals surface area contributed by atoms with Crippen molar-refractivity contribution in [1.29, 1.82) is 0 Å². The molecule has 1 aromatic carbocycles. The van der Waals surface area contributed by atoms with Gasteiger partial charge in [-0.05, 0) is 51.7 Å². The lowest BCUT2D eigenvalue weighted by molar-refractivity contribution is 0.0779. The maximum Gasteiger partial charge on any atom is 0.270 e. The van der Waals surface area contributed by atoms with Crippen molar-refractivity contribution in [2.45, 2.75) is 57.7 Å². The van der Waals surface area contributed by atoms with Crippen LogP contribution in [-0.4, -0.2) is 59.0 Å². The van der Waals surface area contributed by atoms with Crippen LogP contribution >= 0.6 is 0 Å². The van der Waals surface area contributed by atoms with Crippen molar-refractivity contribution in [1.82, 2.24) is 14.8 Å². The highest BCUT2D eigenvalue weighted by Crippen LogP contribution is 2.30. The second kappa shape index (κ2) is 7.15. The Morgan fingerprint density at radius 1 is 1.22 bits per heavy atom. The van der Waals surface area contributed by atoms with Crippen LogP contribution in [-0.2, 0) is 0 Å². The molecule has 5 nitrogen and oxygen atoms in total. The van der Waals surface area contributed by atoms with E-state index in [1.165, 1.54) is 6.07 Å². The van der Waals surface area contributed by atoms with Gasteiger partial charge in [0.15, 0.2) is 11.6 Å². The van der Waals surface area contributed by atoms with Crippen molar-refractivity contribution >= 4 is 16.8 Å². The van der Waals surface area contributed by atoms with Crippen LogP contribution in [0.5, 0.6) is 5.75 Å². The minimum absolute atomic E-state index is 0.0315. The van der Waals surface area contributed by atoms with Gasteiger partial charge in [-0.2, -0.15) is 0 Å². The second-order valence-electron chi connectivity index (χ2n) is 8.15. The number of aromatic nitrogens is 1. The summed E-state index contributed by atoms with van der Waals surface area (Å²) in [5.74, 6) is -0.151. The zero-order valence-corrected chi connectivity index (χ0v) is 16.3. The van der Waals surface area contributed by atoms with Gasteiger partial charge in [-0.3, -0.25) is 4.79 Å². The van der Waals surface area contributed by atoms with E-state index < -0.39 is 0 Å². The summed E-state index contributed by atoms with van der Waals surface area (Å²) in [7, 11) is 1.82. The normalized spacial score (nSPS) is 19.0. The molecule has 2 aliphatic rings. The molecule has 1 N–H and O–H groups in total. The molecule has 2 aromatic rings. The average Bonchev–Trinajstić information content (AvgIpc) is 3.42. The predicted molar refractivity (Wildman–Crippen MR) is 104 cm³/mol. The number of piperidine rings is 1. The zero-order valence-electron chi connectivity index (χ0n) is 16.3. The first kappa shape index (κ1) is 18.3. The molecule has 1 aromatic heterocycles. The fourth-order valence-corrected chi connectivity index (χ4v) is 3.85. The number of hydrogen-bond donors (Lipinski definition) is 1. The van der Waals surface area contributed by atoms with Gasteiger partial charge in [-0.15, -0.1) is 0 Å². The molecule has 2 heterocycles. The molecule has 1 saturated heterocycles. The highest BCUT2D eigenvalue weighted by molar-refractivity contribution is 5.98. The first-order chi connectivity index (χ1) is 12.9. The minimum atomic E-state index is -0.373. The Labute approximate surface area is 159 Å². The lowest BCUT2D eigenvalue weighted by atomic mass is 10.1. The van der Waals surface area contributed by atoms with Crippen LogP contribution in [0, 0.1) is 5.82 Å². The van der Waals surface area contributed by atoms with Gasteiger partial charge in [-0.25, -0.2) is 4.39 Å². The van der Waals surface area contributed by atoms with Gasteiger partial charge in [-0.1, -0.05) is 0 Å². The number of amides is 1. The Kier molecular flexibility index (Phi) is 4.84. The molecular formula is C21H28FN3O2. The number of nitrogens with one attached hydrogen (secondary N) is 1. The van der Waals surface area contributed by atoms with Gasteiger partial charge >= 0.3 is 0 Å². The number of fused-ring (bicyclic) bond motifs is 1. The third kappa shape index (κ3) is 3.81. The summed E-state index contributed by atoms with van der Waals surface area (Å²) in [6.07, 6.45) is 3.95. The number of nitrogens with zero attached hydrogens (tertiary/aromatic N) is 2. The Balaban J connectivity index is 1.49. The number of aromatic amines is 1. The summed E-state index contributed by atoms with van der Waals surface area (Å²) in [6.45, 7) is 6.33. The Morgan fingerprint density at radius 2 is 1.93 bits per heavy atom. The van der Waals surface area contributed by atoms with Gasteiger partial charge in [0.1, 0.15) is 11.8 Å². The number of rotatable bonds is 5. The molecule has 0 unspecified atom stereocenters. The average molecular weight is 373 g/mol. The SMILES string of the molecule is CC(C)N1CCC(Oc2cc3[nH]c(C(=O)N(C)C4CC4)cc3cc2F)CC1. The topological polar surface area (TPSA) is 48.6 Å². The fraction of sp³-hybridized carbons (Fsp3) is 0.571. The summed E-state index contributed by atoms with van der Waals surface area (Å²) >= 11 is 0. The molecule has 4 rings (SSSR count). The molecule has 27 heavy (non-hydrogen) atoms. The van der Waals surface area contributed by atoms with E-state index in [1.54, 1.807) is 17.0 Å². The van der Waals surface area contributed by atoms with Crippen molar-refractivity contribution in [2.24, 2.45) is 0 Å². The van der Waals surface area contributed by atoms with E-state index in [0.29, 0.717) is 23.2 Å². The first-order valence-electron chi connectivity index (χ1n) is 9.92. The molecule has 0 radical (unpaired) electrons. The third-order valence-electron chi connectivity index (χ3n) is 5.82. The lowest BCUT2D eigenvalue weighted by Crippen LogP contribution is -2.41. The number of carbonyl (C=O) groups is 1. The van der Waals surface area contributed by atoms with Crippen LogP contribution in [0.4, 0.5) is 4.39 Å². The van der Waals surface area contributed by atoms with E-state index in [9.17, 15) is 9.18 Å². The summed E-state index contributed by atoms with van der Waals surface area (Å²) < 4.78 is 20.5. The van der Waals surface area contributed by atoms with E-state index >= 15 is 0 Å². The highest BCUT2D eigenvalue weighted by Gasteiger charge is 2.31. The molecule has 1 amide bonds. The van der Waals surface area contributed by atoms with Crippen molar-refractivity contribution in [3.05, 3.63) is 29.7 Å². The molecule has 146 valence electrons. The van der Waals surface area contributed by atoms with E-state index in [0.717, 1.165) is 44.3 Å². The lowest BCUT2D eigenvalue weighted by Gasteiger charge is -2.34. The number of halogens is 1. The summed E-state index contributed by atoms with van der Waals surface area (Å²) in [5, 5.41) is 0.696. The number of hydrogen-bond acceptors (Lipinski definition) is 3. The molecule has 1 saturated carbocycles. The number of likely N-dealkylation sites (tertiary alicyclic amines) is 1. The standard InChI is InChI=1S/C21H28FN3O2/c1-13(2)25-8-6-16(7-9-25)27-20-12-18-14(10-17(20)22)11-19(23-18)21(26)24(3)15-4-5-15/h10-13,15-16,23H,4-9H2,1-3H3. The number of ether oxygens (including phenoxy) is 1. The summed E-state index contributed by atoms with van der Waals surface area (Å²) in [6, 6.07) is 5.75. The van der Waals surface area contributed by atoms with Crippen LogP contribution in [0.15, 0.2) is 18.2 Å². The Bertz CT molecular complexity index is 835. The summed E-state index contributed by atoms with van der Waals surface area (Å²) in [5.41, 5.74) is 1.24. The van der Waals surface area contributed by atoms with Crippen molar-refractivity contribution in [3.8, 4) is 5.75 Å². The molecule has 0 spiro atoms. The number of H-pyrrole nitrogens is 1. The van der Waals surface area contributed by atoms with Crippen LogP contribution < -0.4 is 4.74 Å². The van der Waals surface area contributed by atoms with Gasteiger partial charge in [0.25, 0.3) is 5.91 Å². The zero-order chi connectivity index (χ0) is 19.1. The maximum absolute atomic E-state index is 14.5. The monoisotopic (exact) mass is 373 g/mol. The van der Waals surface area contributed by atoms with Crippen LogP contribution in [0.3, 0.4) is 0 Å². The quantitative estimate of drug-likeness (QED) is 0.867. The minimum Gasteiger partial charge on any atom is -0.487 e. The smallest absolute Gasteiger partial charge is 0.270 e. The third-order valence-corrected chi connectivity index (χ3v) is 5.82. The number of benzene rings is 1. The number of carbonyl (C=O) groups excluding carboxylic acids is 1. The van der Waals surface area contributed by atoms with Gasteiger partial charge < -0.3 is 19.5 Å². The Hall–Kier alpha value is -2.08. The van der Waals surface area contributed by atoms with Gasteiger partial charge in [0.2, 0.25) is 0 Å². The van der Waals surface area contributed by atoms with Gasteiger partial charge in [0.05, 0.1) is 0 Å². The molecule has 0 atom stereocenters. The van der Waals surface area contributed by atoms with Crippen molar-refractivity contribution in [2.75, 3.05) is 20.1 Å². The van der Waals surface area contributed by atoms with Crippen molar-refractivity contribution in [3.63, 3.8) is 0 Å². The van der Waals surface area contributed by atoms with E-state index in [4.69, 9.17) is 4.74 Å². The highest BCUT2D eigenvalue weighted by atomic mass is 19.1. The van der Waals surface area contributed by atoms with Crippen molar-refractivity contribution < 1.29 is 13.9 Å². The molecule has 1 aliphatic carbocycles. The van der Waals surface area contributed by atoms with E-state index in [2.05, 4.69) is 23.7 Å². The largest absolute Gasteiger partial charge is 0.487 e. The Morgan fingerprint density at radius 3 is 2.56 bits per heavy atom. The molecule has 2 fully saturated rings. The first-order valence-corrected chi connectivity index (χ1v) is 9.92.